The quantitative estimate of drug-likeness (QED) is 0.704. The fourth-order valence-corrected chi connectivity index (χ4v) is 1.20. The van der Waals surface area contributed by atoms with Crippen molar-refractivity contribution in [2.45, 2.75) is 20.3 Å². The summed E-state index contributed by atoms with van der Waals surface area (Å²) in [5.41, 5.74) is 1.50. The van der Waals surface area contributed by atoms with Gasteiger partial charge < -0.3 is 5.11 Å². The lowest BCUT2D eigenvalue weighted by atomic mass is 10.2. The van der Waals surface area contributed by atoms with Gasteiger partial charge in [-0.25, -0.2) is 0 Å². The molecular formula is C8H10ClNO. The van der Waals surface area contributed by atoms with Gasteiger partial charge in [0.15, 0.2) is 5.75 Å². The number of pyridine rings is 1. The van der Waals surface area contributed by atoms with Gasteiger partial charge in [0.2, 0.25) is 0 Å². The van der Waals surface area contributed by atoms with Gasteiger partial charge in [0.05, 0.1) is 10.7 Å². The Bertz CT molecular complexity index is 273. The molecule has 1 aromatic heterocycles. The van der Waals surface area contributed by atoms with E-state index in [1.54, 1.807) is 6.07 Å². The molecule has 0 unspecified atom stereocenters. The van der Waals surface area contributed by atoms with E-state index in [2.05, 4.69) is 4.98 Å². The molecule has 0 saturated heterocycles. The Balaban J connectivity index is 3.24. The van der Waals surface area contributed by atoms with Crippen molar-refractivity contribution in [1.82, 2.24) is 4.98 Å². The molecule has 11 heavy (non-hydrogen) atoms. The monoisotopic (exact) mass is 171 g/mol. The standard InChI is InChI=1S/C8H10ClNO/c1-3-7-8(11)6(9)4-5(2)10-7/h4,11H,3H2,1-2H3. The van der Waals surface area contributed by atoms with Gasteiger partial charge in [0.25, 0.3) is 0 Å². The molecule has 3 heteroatoms. The van der Waals surface area contributed by atoms with Crippen LogP contribution in [0.15, 0.2) is 6.07 Å². The molecule has 1 aromatic rings. The number of rotatable bonds is 1. The minimum Gasteiger partial charge on any atom is -0.505 e. The Morgan fingerprint density at radius 1 is 1.64 bits per heavy atom. The predicted molar refractivity (Wildman–Crippen MR) is 45.0 cm³/mol. The predicted octanol–water partition coefficient (Wildman–Crippen LogP) is 2.31. The molecule has 0 radical (unpaired) electrons. The number of aryl methyl sites for hydroxylation is 2. The first-order chi connectivity index (χ1) is 5.15. The van der Waals surface area contributed by atoms with Crippen molar-refractivity contribution >= 4 is 11.6 Å². The van der Waals surface area contributed by atoms with Gasteiger partial charge in [0.1, 0.15) is 0 Å². The second-order valence-corrected chi connectivity index (χ2v) is 2.80. The van der Waals surface area contributed by atoms with Crippen molar-refractivity contribution in [2.24, 2.45) is 0 Å². The second kappa shape index (κ2) is 3.09. The second-order valence-electron chi connectivity index (χ2n) is 2.39. The van der Waals surface area contributed by atoms with Crippen molar-refractivity contribution in [1.29, 1.82) is 0 Å². The normalized spacial score (nSPS) is 10.1. The highest BCUT2D eigenvalue weighted by Gasteiger charge is 2.05. The highest BCUT2D eigenvalue weighted by molar-refractivity contribution is 6.32. The number of hydrogen-bond donors (Lipinski definition) is 1. The summed E-state index contributed by atoms with van der Waals surface area (Å²) in [4.78, 5) is 4.12. The average molecular weight is 172 g/mol. The highest BCUT2D eigenvalue weighted by Crippen LogP contribution is 2.26. The maximum atomic E-state index is 9.33. The Morgan fingerprint density at radius 2 is 2.27 bits per heavy atom. The lowest BCUT2D eigenvalue weighted by Crippen LogP contribution is -1.90. The largest absolute Gasteiger partial charge is 0.505 e. The molecule has 1 N–H and O–H groups in total. The van der Waals surface area contributed by atoms with Crippen LogP contribution in [-0.4, -0.2) is 10.1 Å². The van der Waals surface area contributed by atoms with Crippen molar-refractivity contribution in [3.63, 3.8) is 0 Å². The molecule has 0 aromatic carbocycles. The zero-order chi connectivity index (χ0) is 8.43. The first-order valence-electron chi connectivity index (χ1n) is 3.50. The van der Waals surface area contributed by atoms with Gasteiger partial charge in [-0.3, -0.25) is 4.98 Å². The topological polar surface area (TPSA) is 33.1 Å². The third-order valence-electron chi connectivity index (χ3n) is 1.48. The minimum absolute atomic E-state index is 0.111. The summed E-state index contributed by atoms with van der Waals surface area (Å²) in [6.07, 6.45) is 0.702. The van der Waals surface area contributed by atoms with Crippen molar-refractivity contribution in [2.75, 3.05) is 0 Å². The van der Waals surface area contributed by atoms with E-state index in [0.29, 0.717) is 17.1 Å². The molecular weight excluding hydrogens is 162 g/mol. The molecule has 0 aliphatic carbocycles. The SMILES string of the molecule is CCc1nc(C)cc(Cl)c1O. The number of aromatic hydroxyl groups is 1. The third kappa shape index (κ3) is 1.63. The molecule has 0 aliphatic rings. The maximum absolute atomic E-state index is 9.33. The van der Waals surface area contributed by atoms with E-state index in [1.807, 2.05) is 13.8 Å². The van der Waals surface area contributed by atoms with Crippen molar-refractivity contribution in [3.05, 3.63) is 22.5 Å². The fourth-order valence-electron chi connectivity index (χ4n) is 0.934. The Hall–Kier alpha value is -0.760. The summed E-state index contributed by atoms with van der Waals surface area (Å²) in [5, 5.41) is 9.71. The summed E-state index contributed by atoms with van der Waals surface area (Å²) in [7, 11) is 0. The van der Waals surface area contributed by atoms with Gasteiger partial charge in [-0.15, -0.1) is 0 Å². The summed E-state index contributed by atoms with van der Waals surface area (Å²) in [6.45, 7) is 3.78. The number of aromatic nitrogens is 1. The van der Waals surface area contributed by atoms with Crippen LogP contribution >= 0.6 is 11.6 Å². The first kappa shape index (κ1) is 8.34. The lowest BCUT2D eigenvalue weighted by molar-refractivity contribution is 0.464. The van der Waals surface area contributed by atoms with Crippen molar-refractivity contribution in [3.8, 4) is 5.75 Å². The Labute approximate surface area is 70.8 Å². The highest BCUT2D eigenvalue weighted by atomic mass is 35.5. The van der Waals surface area contributed by atoms with Crippen LogP contribution in [0.1, 0.15) is 18.3 Å². The molecule has 0 amide bonds. The van der Waals surface area contributed by atoms with Gasteiger partial charge in [-0.2, -0.15) is 0 Å². The van der Waals surface area contributed by atoms with Gasteiger partial charge in [0, 0.05) is 5.69 Å². The zero-order valence-electron chi connectivity index (χ0n) is 6.56. The smallest absolute Gasteiger partial charge is 0.155 e. The van der Waals surface area contributed by atoms with Crippen LogP contribution in [0.2, 0.25) is 5.02 Å². The summed E-state index contributed by atoms with van der Waals surface area (Å²) in [6, 6.07) is 1.65. The van der Waals surface area contributed by atoms with Crippen LogP contribution in [0.4, 0.5) is 0 Å². The van der Waals surface area contributed by atoms with Crippen LogP contribution in [0.3, 0.4) is 0 Å². The van der Waals surface area contributed by atoms with E-state index in [4.69, 9.17) is 11.6 Å². The van der Waals surface area contributed by atoms with Crippen LogP contribution in [0, 0.1) is 6.92 Å². The molecule has 0 spiro atoms. The minimum atomic E-state index is 0.111. The van der Waals surface area contributed by atoms with E-state index in [9.17, 15) is 5.11 Å². The van der Waals surface area contributed by atoms with Crippen LogP contribution < -0.4 is 0 Å². The maximum Gasteiger partial charge on any atom is 0.155 e. The van der Waals surface area contributed by atoms with E-state index in [-0.39, 0.29) is 5.75 Å². The lowest BCUT2D eigenvalue weighted by Gasteiger charge is -2.03. The summed E-state index contributed by atoms with van der Waals surface area (Å²) < 4.78 is 0. The average Bonchev–Trinajstić information content (AvgIpc) is 1.96. The number of nitrogens with zero attached hydrogens (tertiary/aromatic N) is 1. The van der Waals surface area contributed by atoms with Crippen molar-refractivity contribution < 1.29 is 5.11 Å². The van der Waals surface area contributed by atoms with Crippen LogP contribution in [-0.2, 0) is 6.42 Å². The van der Waals surface area contributed by atoms with Crippen LogP contribution in [0.5, 0.6) is 5.75 Å². The molecule has 0 aliphatic heterocycles. The first-order valence-corrected chi connectivity index (χ1v) is 3.88. The Kier molecular flexibility index (Phi) is 2.35. The Morgan fingerprint density at radius 3 is 2.82 bits per heavy atom. The van der Waals surface area contributed by atoms with Gasteiger partial charge in [-0.05, 0) is 19.4 Å². The molecule has 1 rings (SSSR count). The van der Waals surface area contributed by atoms with Gasteiger partial charge in [-0.1, -0.05) is 18.5 Å². The van der Waals surface area contributed by atoms with Gasteiger partial charge >= 0.3 is 0 Å². The third-order valence-corrected chi connectivity index (χ3v) is 1.77. The van der Waals surface area contributed by atoms with E-state index < -0.39 is 0 Å². The van der Waals surface area contributed by atoms with E-state index in [1.165, 1.54) is 0 Å². The number of halogens is 1. The van der Waals surface area contributed by atoms with Crippen LogP contribution in [0.25, 0.3) is 0 Å². The molecule has 0 atom stereocenters. The summed E-state index contributed by atoms with van der Waals surface area (Å²) in [5.74, 6) is 0.111. The summed E-state index contributed by atoms with van der Waals surface area (Å²) >= 11 is 5.71. The van der Waals surface area contributed by atoms with E-state index >= 15 is 0 Å². The molecule has 2 nitrogen and oxygen atoms in total. The molecule has 60 valence electrons. The molecule has 0 bridgehead atoms. The zero-order valence-corrected chi connectivity index (χ0v) is 7.31. The van der Waals surface area contributed by atoms with E-state index in [0.717, 1.165) is 5.69 Å². The molecule has 0 saturated carbocycles. The molecule has 1 heterocycles. The molecule has 0 fully saturated rings. The fraction of sp³-hybridized carbons (Fsp3) is 0.375. The number of hydrogen-bond acceptors (Lipinski definition) is 2.